The first kappa shape index (κ1) is 23.1. The smallest absolute Gasteiger partial charge is 0.191 e. The number of nitrogens with zero attached hydrogens (tertiary/aromatic N) is 2. The second-order valence-electron chi connectivity index (χ2n) is 6.83. The molecular formula is C20H29IN4O2S. The zero-order valence-electron chi connectivity index (χ0n) is 16.2. The third-order valence-corrected chi connectivity index (χ3v) is 5.71. The first-order valence-corrected chi connectivity index (χ1v) is 10.3. The van der Waals surface area contributed by atoms with Crippen LogP contribution in [0.4, 0.5) is 0 Å². The lowest BCUT2D eigenvalue weighted by Crippen LogP contribution is -2.44. The maximum atomic E-state index is 9.37. The van der Waals surface area contributed by atoms with Gasteiger partial charge in [0.1, 0.15) is 5.01 Å². The number of hydrogen-bond acceptors (Lipinski definition) is 5. The van der Waals surface area contributed by atoms with Crippen LogP contribution in [0.3, 0.4) is 0 Å². The Bertz CT molecular complexity index is 733. The number of hydrogen-bond donors (Lipinski definition) is 3. The van der Waals surface area contributed by atoms with Crippen molar-refractivity contribution in [1.29, 1.82) is 0 Å². The lowest BCUT2D eigenvalue weighted by Gasteiger charge is -2.27. The monoisotopic (exact) mass is 516 g/mol. The number of aromatic nitrogens is 1. The standard InChI is InChI=1S/C20H28N4O2S.HI/c1-2-21-19(23-14-20(8-10-25)9-11-26-15-20)22-12-17-13-27-18(24-17)16-6-4-3-5-7-16;/h3-7,13,25H,2,8-12,14-15H2,1H3,(H2,21,22,23);1H. The predicted molar refractivity (Wildman–Crippen MR) is 125 cm³/mol. The third kappa shape index (κ3) is 6.40. The SMILES string of the molecule is CCNC(=NCc1csc(-c2ccccc2)n1)NCC1(CCO)CCOC1.I. The van der Waals surface area contributed by atoms with Crippen molar-refractivity contribution in [2.75, 3.05) is 32.9 Å². The van der Waals surface area contributed by atoms with E-state index in [9.17, 15) is 5.11 Å². The molecule has 1 unspecified atom stereocenters. The average Bonchev–Trinajstić information content (AvgIpc) is 3.35. The molecule has 1 atom stereocenters. The van der Waals surface area contributed by atoms with Crippen LogP contribution in [0.1, 0.15) is 25.5 Å². The van der Waals surface area contributed by atoms with Crippen LogP contribution >= 0.6 is 35.3 Å². The van der Waals surface area contributed by atoms with Crippen LogP contribution in [0.25, 0.3) is 10.6 Å². The molecule has 3 N–H and O–H groups in total. The number of aliphatic imine (C=N–C) groups is 1. The number of nitrogens with one attached hydrogen (secondary N) is 2. The molecule has 3 rings (SSSR count). The second-order valence-corrected chi connectivity index (χ2v) is 7.69. The number of ether oxygens (including phenoxy) is 1. The van der Waals surface area contributed by atoms with Crippen molar-refractivity contribution in [2.45, 2.75) is 26.3 Å². The van der Waals surface area contributed by atoms with Crippen LogP contribution in [0.2, 0.25) is 0 Å². The molecule has 0 bridgehead atoms. The molecule has 0 radical (unpaired) electrons. The Morgan fingerprint density at radius 3 is 2.82 bits per heavy atom. The van der Waals surface area contributed by atoms with Crippen LogP contribution in [-0.4, -0.2) is 49.0 Å². The van der Waals surface area contributed by atoms with Gasteiger partial charge in [0.25, 0.3) is 0 Å². The molecule has 154 valence electrons. The van der Waals surface area contributed by atoms with Crippen LogP contribution in [0, 0.1) is 5.41 Å². The highest BCUT2D eigenvalue weighted by Gasteiger charge is 2.34. The first-order chi connectivity index (χ1) is 13.2. The Balaban J connectivity index is 0.00000280. The van der Waals surface area contributed by atoms with Gasteiger partial charge in [-0.15, -0.1) is 35.3 Å². The Morgan fingerprint density at radius 1 is 1.32 bits per heavy atom. The second kappa shape index (κ2) is 11.7. The van der Waals surface area contributed by atoms with Gasteiger partial charge >= 0.3 is 0 Å². The molecular weight excluding hydrogens is 487 g/mol. The van der Waals surface area contributed by atoms with Crippen molar-refractivity contribution in [2.24, 2.45) is 10.4 Å². The summed E-state index contributed by atoms with van der Waals surface area (Å²) in [6, 6.07) is 10.2. The largest absolute Gasteiger partial charge is 0.396 e. The van der Waals surface area contributed by atoms with Gasteiger partial charge in [0, 0.05) is 42.7 Å². The fourth-order valence-corrected chi connectivity index (χ4v) is 3.99. The minimum atomic E-state index is -0.00789. The molecule has 0 saturated carbocycles. The molecule has 8 heteroatoms. The molecule has 2 aromatic rings. The van der Waals surface area contributed by atoms with E-state index in [0.717, 1.165) is 54.8 Å². The van der Waals surface area contributed by atoms with Crippen LogP contribution in [0.15, 0.2) is 40.7 Å². The summed E-state index contributed by atoms with van der Waals surface area (Å²) in [5, 5.41) is 19.2. The van der Waals surface area contributed by atoms with E-state index in [-0.39, 0.29) is 36.0 Å². The molecule has 1 aromatic heterocycles. The summed E-state index contributed by atoms with van der Waals surface area (Å²) in [7, 11) is 0. The summed E-state index contributed by atoms with van der Waals surface area (Å²) >= 11 is 1.64. The Morgan fingerprint density at radius 2 is 2.14 bits per heavy atom. The maximum absolute atomic E-state index is 9.37. The molecule has 0 aliphatic carbocycles. The quantitative estimate of drug-likeness (QED) is 0.285. The average molecular weight is 516 g/mol. The molecule has 1 saturated heterocycles. The van der Waals surface area contributed by atoms with Gasteiger partial charge in [0.15, 0.2) is 5.96 Å². The highest BCUT2D eigenvalue weighted by molar-refractivity contribution is 14.0. The first-order valence-electron chi connectivity index (χ1n) is 9.45. The van der Waals surface area contributed by atoms with E-state index in [0.29, 0.717) is 13.2 Å². The van der Waals surface area contributed by atoms with E-state index < -0.39 is 0 Å². The van der Waals surface area contributed by atoms with Crippen molar-refractivity contribution in [1.82, 2.24) is 15.6 Å². The Labute approximate surface area is 187 Å². The third-order valence-electron chi connectivity index (χ3n) is 4.77. The predicted octanol–water partition coefficient (Wildman–Crippen LogP) is 3.27. The van der Waals surface area contributed by atoms with Crippen molar-refractivity contribution < 1.29 is 9.84 Å². The molecule has 6 nitrogen and oxygen atoms in total. The van der Waals surface area contributed by atoms with E-state index in [4.69, 9.17) is 9.72 Å². The van der Waals surface area contributed by atoms with Gasteiger partial charge in [0.2, 0.25) is 0 Å². The summed E-state index contributed by atoms with van der Waals surface area (Å²) in [5.41, 5.74) is 2.09. The molecule has 1 fully saturated rings. The van der Waals surface area contributed by atoms with Crippen molar-refractivity contribution in [3.63, 3.8) is 0 Å². The number of thiazole rings is 1. The number of halogens is 1. The summed E-state index contributed by atoms with van der Waals surface area (Å²) < 4.78 is 5.56. The number of aliphatic hydroxyl groups is 1. The molecule has 28 heavy (non-hydrogen) atoms. The zero-order chi connectivity index (χ0) is 19.0. The summed E-state index contributed by atoms with van der Waals surface area (Å²) in [5.74, 6) is 0.774. The van der Waals surface area contributed by atoms with E-state index in [2.05, 4.69) is 40.1 Å². The van der Waals surface area contributed by atoms with Crippen LogP contribution in [-0.2, 0) is 11.3 Å². The van der Waals surface area contributed by atoms with Crippen LogP contribution in [0.5, 0.6) is 0 Å². The lowest BCUT2D eigenvalue weighted by molar-refractivity contribution is 0.127. The number of aliphatic hydroxyl groups excluding tert-OH is 1. The lowest BCUT2D eigenvalue weighted by atomic mass is 9.84. The summed E-state index contributed by atoms with van der Waals surface area (Å²) in [4.78, 5) is 9.37. The molecule has 1 aromatic carbocycles. The van der Waals surface area contributed by atoms with Gasteiger partial charge in [-0.3, -0.25) is 0 Å². The van der Waals surface area contributed by atoms with Gasteiger partial charge in [-0.25, -0.2) is 9.98 Å². The Kier molecular flexibility index (Phi) is 9.63. The van der Waals surface area contributed by atoms with Gasteiger partial charge in [0.05, 0.1) is 18.8 Å². The van der Waals surface area contributed by atoms with Crippen LogP contribution < -0.4 is 10.6 Å². The molecule has 1 aliphatic rings. The van der Waals surface area contributed by atoms with Crippen molar-refractivity contribution in [3.8, 4) is 10.6 Å². The summed E-state index contributed by atoms with van der Waals surface area (Å²) in [6.07, 6.45) is 1.71. The van der Waals surface area contributed by atoms with Crippen molar-refractivity contribution in [3.05, 3.63) is 41.4 Å². The topological polar surface area (TPSA) is 78.8 Å². The Hall–Kier alpha value is -1.23. The van der Waals surface area contributed by atoms with E-state index in [1.165, 1.54) is 0 Å². The minimum Gasteiger partial charge on any atom is -0.396 e. The zero-order valence-corrected chi connectivity index (χ0v) is 19.3. The fraction of sp³-hybridized carbons (Fsp3) is 0.500. The van der Waals surface area contributed by atoms with E-state index in [1.54, 1.807) is 11.3 Å². The molecule has 0 spiro atoms. The number of rotatable bonds is 8. The molecule has 2 heterocycles. The van der Waals surface area contributed by atoms with Gasteiger partial charge in [-0.2, -0.15) is 0 Å². The highest BCUT2D eigenvalue weighted by atomic mass is 127. The number of benzene rings is 1. The minimum absolute atomic E-state index is 0. The van der Waals surface area contributed by atoms with Gasteiger partial charge < -0.3 is 20.5 Å². The molecule has 0 amide bonds. The highest BCUT2D eigenvalue weighted by Crippen LogP contribution is 2.31. The molecule has 1 aliphatic heterocycles. The maximum Gasteiger partial charge on any atom is 0.191 e. The normalized spacial score (nSPS) is 19.3. The number of guanidine groups is 1. The summed E-state index contributed by atoms with van der Waals surface area (Å²) in [6.45, 7) is 5.74. The fourth-order valence-electron chi connectivity index (χ4n) is 3.18. The van der Waals surface area contributed by atoms with Crippen molar-refractivity contribution >= 4 is 41.3 Å². The van der Waals surface area contributed by atoms with Gasteiger partial charge in [-0.1, -0.05) is 30.3 Å². The van der Waals surface area contributed by atoms with E-state index in [1.807, 2.05) is 18.2 Å². The van der Waals surface area contributed by atoms with E-state index >= 15 is 0 Å². The van der Waals surface area contributed by atoms with Gasteiger partial charge in [-0.05, 0) is 19.8 Å².